The Hall–Kier alpha value is -1.81. The summed E-state index contributed by atoms with van der Waals surface area (Å²) in [4.78, 5) is 4.41. The van der Waals surface area contributed by atoms with E-state index in [1.807, 2.05) is 48.5 Å². The van der Waals surface area contributed by atoms with Gasteiger partial charge in [-0.15, -0.1) is 0 Å². The number of para-hydroxylation sites is 3. The minimum Gasteiger partial charge on any atom is -0.439 e. The lowest BCUT2D eigenvalue weighted by atomic mass is 10.3. The molecule has 18 heavy (non-hydrogen) atoms. The van der Waals surface area contributed by atoms with Gasteiger partial charge < -0.3 is 9.73 Å². The molecule has 3 aromatic rings. The van der Waals surface area contributed by atoms with Crippen molar-refractivity contribution < 1.29 is 4.42 Å². The van der Waals surface area contributed by atoms with Crippen molar-refractivity contribution in [2.24, 2.45) is 0 Å². The first kappa shape index (κ1) is 11.3. The van der Waals surface area contributed by atoms with Gasteiger partial charge in [-0.2, -0.15) is 0 Å². The molecule has 0 atom stereocenters. The van der Waals surface area contributed by atoms with Crippen LogP contribution >= 0.6 is 15.9 Å². The maximum atomic E-state index is 5.64. The fourth-order valence-corrected chi connectivity index (χ4v) is 2.20. The molecule has 90 valence electrons. The maximum absolute atomic E-state index is 5.64. The van der Waals surface area contributed by atoms with E-state index in [1.165, 1.54) is 0 Å². The molecule has 0 bridgehead atoms. The van der Waals surface area contributed by atoms with E-state index >= 15 is 0 Å². The molecule has 0 radical (unpaired) electrons. The van der Waals surface area contributed by atoms with Gasteiger partial charge in [-0.1, -0.05) is 24.3 Å². The monoisotopic (exact) mass is 302 g/mol. The van der Waals surface area contributed by atoms with E-state index < -0.39 is 0 Å². The SMILES string of the molecule is Brc1ccccc1NCc1nc2ccccc2o1. The van der Waals surface area contributed by atoms with Gasteiger partial charge in [-0.05, 0) is 40.2 Å². The zero-order chi connectivity index (χ0) is 12.4. The molecule has 0 aliphatic heterocycles. The zero-order valence-electron chi connectivity index (χ0n) is 9.56. The Morgan fingerprint density at radius 2 is 1.83 bits per heavy atom. The van der Waals surface area contributed by atoms with Gasteiger partial charge >= 0.3 is 0 Å². The molecule has 4 heteroatoms. The second-order valence-electron chi connectivity index (χ2n) is 3.91. The van der Waals surface area contributed by atoms with Crippen LogP contribution < -0.4 is 5.32 Å². The molecule has 2 aromatic carbocycles. The normalized spacial score (nSPS) is 10.7. The average molecular weight is 303 g/mol. The number of hydrogen-bond donors (Lipinski definition) is 1. The fraction of sp³-hybridized carbons (Fsp3) is 0.0714. The Balaban J connectivity index is 1.79. The molecule has 1 N–H and O–H groups in total. The van der Waals surface area contributed by atoms with Gasteiger partial charge in [-0.25, -0.2) is 4.98 Å². The van der Waals surface area contributed by atoms with Crippen LogP contribution in [0.5, 0.6) is 0 Å². The summed E-state index contributed by atoms with van der Waals surface area (Å²) in [6.07, 6.45) is 0. The number of benzene rings is 2. The van der Waals surface area contributed by atoms with Crippen LogP contribution in [0.15, 0.2) is 57.4 Å². The van der Waals surface area contributed by atoms with Crippen molar-refractivity contribution in [3.8, 4) is 0 Å². The Morgan fingerprint density at radius 1 is 1.06 bits per heavy atom. The Labute approximate surface area is 113 Å². The Morgan fingerprint density at radius 3 is 2.67 bits per heavy atom. The van der Waals surface area contributed by atoms with Crippen molar-refractivity contribution in [3.05, 3.63) is 58.9 Å². The highest BCUT2D eigenvalue weighted by atomic mass is 79.9. The lowest BCUT2D eigenvalue weighted by Gasteiger charge is -2.05. The highest BCUT2D eigenvalue weighted by Crippen LogP contribution is 2.22. The highest BCUT2D eigenvalue weighted by molar-refractivity contribution is 9.10. The van der Waals surface area contributed by atoms with Crippen molar-refractivity contribution in [1.29, 1.82) is 0 Å². The topological polar surface area (TPSA) is 38.1 Å². The molecule has 0 saturated heterocycles. The molecule has 1 aromatic heterocycles. The number of hydrogen-bond acceptors (Lipinski definition) is 3. The van der Waals surface area contributed by atoms with E-state index in [0.29, 0.717) is 12.4 Å². The summed E-state index contributed by atoms with van der Waals surface area (Å²) in [5, 5.41) is 3.29. The first-order valence-electron chi connectivity index (χ1n) is 5.66. The lowest BCUT2D eigenvalue weighted by molar-refractivity contribution is 0.540. The van der Waals surface area contributed by atoms with Crippen LogP contribution in [0.25, 0.3) is 11.1 Å². The van der Waals surface area contributed by atoms with Gasteiger partial charge in [0.05, 0.1) is 6.54 Å². The summed E-state index contributed by atoms with van der Waals surface area (Å²) >= 11 is 3.49. The number of rotatable bonds is 3. The lowest BCUT2D eigenvalue weighted by Crippen LogP contribution is -1.99. The summed E-state index contributed by atoms with van der Waals surface area (Å²) in [5.41, 5.74) is 2.74. The first-order valence-corrected chi connectivity index (χ1v) is 6.45. The maximum Gasteiger partial charge on any atom is 0.214 e. The smallest absolute Gasteiger partial charge is 0.214 e. The first-order chi connectivity index (χ1) is 8.83. The third kappa shape index (κ3) is 2.24. The van der Waals surface area contributed by atoms with Crippen molar-refractivity contribution >= 4 is 32.7 Å². The van der Waals surface area contributed by atoms with Crippen LogP contribution in [0.3, 0.4) is 0 Å². The van der Waals surface area contributed by atoms with E-state index in [9.17, 15) is 0 Å². The quantitative estimate of drug-likeness (QED) is 0.788. The van der Waals surface area contributed by atoms with Gasteiger partial charge in [0.15, 0.2) is 5.58 Å². The molecule has 0 amide bonds. The van der Waals surface area contributed by atoms with Gasteiger partial charge in [0.25, 0.3) is 0 Å². The summed E-state index contributed by atoms with van der Waals surface area (Å²) < 4.78 is 6.67. The van der Waals surface area contributed by atoms with E-state index in [1.54, 1.807) is 0 Å². The van der Waals surface area contributed by atoms with Crippen molar-refractivity contribution in [3.63, 3.8) is 0 Å². The summed E-state index contributed by atoms with van der Waals surface area (Å²) in [7, 11) is 0. The molecule has 3 rings (SSSR count). The summed E-state index contributed by atoms with van der Waals surface area (Å²) in [6, 6.07) is 15.7. The van der Waals surface area contributed by atoms with Gasteiger partial charge in [-0.3, -0.25) is 0 Å². The molecule has 0 aliphatic carbocycles. The Bertz CT molecular complexity index is 645. The van der Waals surface area contributed by atoms with Crippen molar-refractivity contribution in [2.45, 2.75) is 6.54 Å². The molecule has 0 unspecified atom stereocenters. The Kier molecular flexibility index (Phi) is 3.02. The molecule has 0 spiro atoms. The number of anilines is 1. The largest absolute Gasteiger partial charge is 0.439 e. The van der Waals surface area contributed by atoms with E-state index in [-0.39, 0.29) is 0 Å². The second kappa shape index (κ2) is 4.82. The van der Waals surface area contributed by atoms with E-state index in [4.69, 9.17) is 4.42 Å². The standard InChI is InChI=1S/C14H11BrN2O/c15-10-5-1-2-6-11(10)16-9-14-17-12-7-3-4-8-13(12)18-14/h1-8,16H,9H2. The van der Waals surface area contributed by atoms with Crippen LogP contribution in [0, 0.1) is 0 Å². The zero-order valence-corrected chi connectivity index (χ0v) is 11.1. The van der Waals surface area contributed by atoms with E-state index in [0.717, 1.165) is 21.3 Å². The molecule has 1 heterocycles. The third-order valence-corrected chi connectivity index (χ3v) is 3.33. The minimum absolute atomic E-state index is 0.567. The van der Waals surface area contributed by atoms with Crippen LogP contribution in [0.4, 0.5) is 5.69 Å². The molecule has 0 fully saturated rings. The summed E-state index contributed by atoms with van der Waals surface area (Å²) in [6.45, 7) is 0.567. The molecule has 3 nitrogen and oxygen atoms in total. The van der Waals surface area contributed by atoms with Crippen LogP contribution in [-0.2, 0) is 6.54 Å². The van der Waals surface area contributed by atoms with E-state index in [2.05, 4.69) is 26.2 Å². The predicted molar refractivity (Wildman–Crippen MR) is 75.5 cm³/mol. The molecule has 0 aliphatic rings. The third-order valence-electron chi connectivity index (χ3n) is 2.64. The number of oxazole rings is 1. The second-order valence-corrected chi connectivity index (χ2v) is 4.76. The number of nitrogens with one attached hydrogen (secondary N) is 1. The van der Waals surface area contributed by atoms with Crippen molar-refractivity contribution in [2.75, 3.05) is 5.32 Å². The van der Waals surface area contributed by atoms with Crippen LogP contribution in [0.1, 0.15) is 5.89 Å². The molecular formula is C14H11BrN2O. The van der Waals surface area contributed by atoms with Crippen molar-refractivity contribution in [1.82, 2.24) is 4.98 Å². The van der Waals surface area contributed by atoms with Crippen LogP contribution in [-0.4, -0.2) is 4.98 Å². The van der Waals surface area contributed by atoms with Crippen LogP contribution in [0.2, 0.25) is 0 Å². The van der Waals surface area contributed by atoms with Gasteiger partial charge in [0.1, 0.15) is 5.52 Å². The predicted octanol–water partition coefficient (Wildman–Crippen LogP) is 4.20. The number of fused-ring (bicyclic) bond motifs is 1. The fourth-order valence-electron chi connectivity index (χ4n) is 1.77. The molecular weight excluding hydrogens is 292 g/mol. The number of halogens is 1. The molecule has 0 saturated carbocycles. The highest BCUT2D eigenvalue weighted by Gasteiger charge is 2.05. The number of aromatic nitrogens is 1. The van der Waals surface area contributed by atoms with Gasteiger partial charge in [0, 0.05) is 10.2 Å². The summed E-state index contributed by atoms with van der Waals surface area (Å²) in [5.74, 6) is 0.687. The average Bonchev–Trinajstić information content (AvgIpc) is 2.80. The van der Waals surface area contributed by atoms with Gasteiger partial charge in [0.2, 0.25) is 5.89 Å². The number of nitrogens with zero attached hydrogens (tertiary/aromatic N) is 1. The minimum atomic E-state index is 0.567.